The van der Waals surface area contributed by atoms with Gasteiger partial charge in [-0.3, -0.25) is 4.79 Å². The lowest BCUT2D eigenvalue weighted by Crippen LogP contribution is -2.43. The van der Waals surface area contributed by atoms with E-state index in [0.29, 0.717) is 49.1 Å². The normalized spacial score (nSPS) is 17.5. The number of amides is 1. The van der Waals surface area contributed by atoms with Crippen molar-refractivity contribution in [2.45, 2.75) is 17.7 Å². The summed E-state index contributed by atoms with van der Waals surface area (Å²) in [6.45, 7) is 1.48. The third-order valence-corrected chi connectivity index (χ3v) is 7.02. The molecule has 30 heavy (non-hydrogen) atoms. The van der Waals surface area contributed by atoms with Crippen molar-refractivity contribution >= 4 is 33.2 Å². The summed E-state index contributed by atoms with van der Waals surface area (Å²) >= 11 is 5.86. The van der Waals surface area contributed by atoms with Crippen molar-refractivity contribution in [2.75, 3.05) is 38.7 Å². The van der Waals surface area contributed by atoms with Crippen LogP contribution in [0.3, 0.4) is 0 Å². The number of sulfonamides is 1. The van der Waals surface area contributed by atoms with Gasteiger partial charge < -0.3 is 14.8 Å². The molecule has 2 aromatic carbocycles. The fourth-order valence-corrected chi connectivity index (χ4v) is 4.90. The molecule has 0 spiro atoms. The van der Waals surface area contributed by atoms with Crippen LogP contribution in [0.1, 0.15) is 12.8 Å². The van der Waals surface area contributed by atoms with Gasteiger partial charge in [-0.25, -0.2) is 8.42 Å². The number of methoxy groups -OCH3 is 1. The van der Waals surface area contributed by atoms with Crippen LogP contribution in [0, 0.1) is 5.92 Å². The topological polar surface area (TPSA) is 84.9 Å². The number of hydrogen-bond acceptors (Lipinski definition) is 5. The Hall–Kier alpha value is -2.13. The first-order chi connectivity index (χ1) is 14.4. The second-order valence-electron chi connectivity index (χ2n) is 7.01. The van der Waals surface area contributed by atoms with Gasteiger partial charge in [0.15, 0.2) is 0 Å². The van der Waals surface area contributed by atoms with E-state index in [2.05, 4.69) is 5.32 Å². The first-order valence-electron chi connectivity index (χ1n) is 9.68. The minimum absolute atomic E-state index is 0.148. The summed E-state index contributed by atoms with van der Waals surface area (Å²) in [7, 11) is -2.06. The predicted molar refractivity (Wildman–Crippen MR) is 115 cm³/mol. The number of anilines is 1. The maximum Gasteiger partial charge on any atom is 0.243 e. The molecule has 1 saturated heterocycles. The van der Waals surface area contributed by atoms with Crippen molar-refractivity contribution in [2.24, 2.45) is 5.92 Å². The number of hydrogen-bond donors (Lipinski definition) is 1. The van der Waals surface area contributed by atoms with Gasteiger partial charge in [0.25, 0.3) is 0 Å². The first kappa shape index (κ1) is 22.6. The lowest BCUT2D eigenvalue weighted by Gasteiger charge is -2.31. The summed E-state index contributed by atoms with van der Waals surface area (Å²) in [6, 6.07) is 13.1. The summed E-state index contributed by atoms with van der Waals surface area (Å²) < 4.78 is 37.6. The molecule has 0 aliphatic carbocycles. The zero-order chi connectivity index (χ0) is 21.6. The molecule has 0 radical (unpaired) electrons. The number of halogens is 1. The van der Waals surface area contributed by atoms with Crippen LogP contribution < -0.4 is 10.1 Å². The van der Waals surface area contributed by atoms with Crippen LogP contribution >= 0.6 is 11.6 Å². The van der Waals surface area contributed by atoms with E-state index >= 15 is 0 Å². The second kappa shape index (κ2) is 10.3. The summed E-state index contributed by atoms with van der Waals surface area (Å²) in [5, 5.41) is 3.34. The Morgan fingerprint density at radius 3 is 2.50 bits per heavy atom. The number of carbonyl (C=O) groups is 1. The number of nitrogens with zero attached hydrogens (tertiary/aromatic N) is 1. The van der Waals surface area contributed by atoms with Gasteiger partial charge in [0, 0.05) is 30.9 Å². The van der Waals surface area contributed by atoms with Crippen molar-refractivity contribution in [3.8, 4) is 5.75 Å². The molecule has 1 unspecified atom stereocenters. The van der Waals surface area contributed by atoms with Crippen molar-refractivity contribution in [1.82, 2.24) is 4.31 Å². The molecule has 1 aliphatic rings. The van der Waals surface area contributed by atoms with Crippen molar-refractivity contribution in [3.63, 3.8) is 0 Å². The number of rotatable bonds is 8. The molecule has 162 valence electrons. The van der Waals surface area contributed by atoms with E-state index in [4.69, 9.17) is 21.1 Å². The molecule has 1 fully saturated rings. The van der Waals surface area contributed by atoms with E-state index in [0.717, 1.165) is 0 Å². The summed E-state index contributed by atoms with van der Waals surface area (Å²) in [5.74, 6) is 0.0699. The van der Waals surface area contributed by atoms with Crippen LogP contribution in [0.2, 0.25) is 5.02 Å². The van der Waals surface area contributed by atoms with Gasteiger partial charge >= 0.3 is 0 Å². The summed E-state index contributed by atoms with van der Waals surface area (Å²) in [5.41, 5.74) is 0.636. The highest BCUT2D eigenvalue weighted by Gasteiger charge is 2.33. The molecule has 1 atom stereocenters. The van der Waals surface area contributed by atoms with Crippen LogP contribution in [-0.2, 0) is 19.6 Å². The van der Waals surface area contributed by atoms with Crippen LogP contribution in [0.25, 0.3) is 0 Å². The van der Waals surface area contributed by atoms with Gasteiger partial charge in [0.1, 0.15) is 12.4 Å². The monoisotopic (exact) mass is 452 g/mol. The summed E-state index contributed by atoms with van der Waals surface area (Å²) in [6.07, 6.45) is 1.26. The molecule has 9 heteroatoms. The van der Waals surface area contributed by atoms with E-state index in [9.17, 15) is 13.2 Å². The largest absolute Gasteiger partial charge is 0.491 e. The quantitative estimate of drug-likeness (QED) is 0.620. The van der Waals surface area contributed by atoms with Crippen LogP contribution in [0.4, 0.5) is 5.69 Å². The maximum atomic E-state index is 12.9. The van der Waals surface area contributed by atoms with Crippen LogP contribution in [0.5, 0.6) is 5.75 Å². The lowest BCUT2D eigenvalue weighted by molar-refractivity contribution is -0.120. The molecule has 0 bridgehead atoms. The Bertz CT molecular complexity index is 948. The molecule has 1 aliphatic heterocycles. The van der Waals surface area contributed by atoms with Crippen LogP contribution in [0.15, 0.2) is 53.4 Å². The molecular weight excluding hydrogens is 428 g/mol. The van der Waals surface area contributed by atoms with Gasteiger partial charge in [-0.2, -0.15) is 4.31 Å². The SMILES string of the molecule is COCCOc1ccc(NC(=O)C2CCCN(S(=O)(=O)c3ccc(Cl)cc3)C2)cc1. The Kier molecular flexibility index (Phi) is 7.71. The molecule has 1 N–H and O–H groups in total. The fraction of sp³-hybridized carbons (Fsp3) is 0.381. The van der Waals surface area contributed by atoms with Gasteiger partial charge in [-0.1, -0.05) is 11.6 Å². The van der Waals surface area contributed by atoms with Crippen molar-refractivity contribution in [1.29, 1.82) is 0 Å². The Morgan fingerprint density at radius 1 is 1.13 bits per heavy atom. The second-order valence-corrected chi connectivity index (χ2v) is 9.39. The van der Waals surface area contributed by atoms with E-state index in [1.807, 2.05) is 0 Å². The standard InChI is InChI=1S/C21H25ClN2O5S/c1-28-13-14-29-19-8-6-18(7-9-19)23-21(25)16-3-2-12-24(15-16)30(26,27)20-10-4-17(22)5-11-20/h4-11,16H,2-3,12-15H2,1H3,(H,23,25). The third-order valence-electron chi connectivity index (χ3n) is 4.88. The van der Waals surface area contributed by atoms with E-state index in [1.54, 1.807) is 43.5 Å². The number of piperidine rings is 1. The van der Waals surface area contributed by atoms with E-state index in [1.165, 1.54) is 16.4 Å². The van der Waals surface area contributed by atoms with E-state index < -0.39 is 15.9 Å². The zero-order valence-electron chi connectivity index (χ0n) is 16.7. The van der Waals surface area contributed by atoms with Gasteiger partial charge in [0.2, 0.25) is 15.9 Å². The number of carbonyl (C=O) groups excluding carboxylic acids is 1. The third kappa shape index (κ3) is 5.72. The highest BCUT2D eigenvalue weighted by atomic mass is 35.5. The zero-order valence-corrected chi connectivity index (χ0v) is 18.3. The average molecular weight is 453 g/mol. The molecule has 1 heterocycles. The highest BCUT2D eigenvalue weighted by Crippen LogP contribution is 2.26. The molecular formula is C21H25ClN2O5S. The molecule has 1 amide bonds. The van der Waals surface area contributed by atoms with Crippen molar-refractivity contribution < 1.29 is 22.7 Å². The molecule has 7 nitrogen and oxygen atoms in total. The van der Waals surface area contributed by atoms with Gasteiger partial charge in [0.05, 0.1) is 17.4 Å². The van der Waals surface area contributed by atoms with Crippen molar-refractivity contribution in [3.05, 3.63) is 53.6 Å². The maximum absolute atomic E-state index is 12.9. The minimum Gasteiger partial charge on any atom is -0.491 e. The molecule has 0 aromatic heterocycles. The molecule has 2 aromatic rings. The lowest BCUT2D eigenvalue weighted by atomic mass is 9.99. The minimum atomic E-state index is -3.67. The Balaban J connectivity index is 1.61. The Morgan fingerprint density at radius 2 is 1.83 bits per heavy atom. The first-order valence-corrected chi connectivity index (χ1v) is 11.5. The highest BCUT2D eigenvalue weighted by molar-refractivity contribution is 7.89. The van der Waals surface area contributed by atoms with Crippen LogP contribution in [-0.4, -0.2) is 52.0 Å². The number of ether oxygens (including phenoxy) is 2. The smallest absolute Gasteiger partial charge is 0.243 e. The molecule has 0 saturated carbocycles. The predicted octanol–water partition coefficient (Wildman–Crippen LogP) is 3.40. The van der Waals surface area contributed by atoms with Gasteiger partial charge in [-0.15, -0.1) is 0 Å². The van der Waals surface area contributed by atoms with E-state index in [-0.39, 0.29) is 17.3 Å². The molecule has 3 rings (SSSR count). The number of nitrogens with one attached hydrogen (secondary N) is 1. The van der Waals surface area contributed by atoms with Gasteiger partial charge in [-0.05, 0) is 61.4 Å². The fourth-order valence-electron chi connectivity index (χ4n) is 3.25. The average Bonchev–Trinajstić information content (AvgIpc) is 2.75. The Labute approximate surface area is 182 Å². The number of benzene rings is 2. The summed E-state index contributed by atoms with van der Waals surface area (Å²) in [4.78, 5) is 12.9.